The highest BCUT2D eigenvalue weighted by atomic mass is 16.7. The van der Waals surface area contributed by atoms with E-state index in [1.165, 1.54) is 25.7 Å². The molecule has 59 heavy (non-hydrogen) atoms. The van der Waals surface area contributed by atoms with Crippen LogP contribution in [0.25, 0.3) is 0 Å². The first-order chi connectivity index (χ1) is 28.6. The normalized spacial score (nSPS) is 28.3. The van der Waals surface area contributed by atoms with Gasteiger partial charge in [0.1, 0.15) is 54.9 Å². The summed E-state index contributed by atoms with van der Waals surface area (Å²) >= 11 is 0. The molecule has 2 aliphatic heterocycles. The number of allylic oxidation sites excluding steroid dienone is 6. The van der Waals surface area contributed by atoms with Crippen molar-refractivity contribution in [2.24, 2.45) is 0 Å². The van der Waals surface area contributed by atoms with E-state index in [-0.39, 0.29) is 19.6 Å². The average Bonchev–Trinajstić information content (AvgIpc) is 3.23. The van der Waals surface area contributed by atoms with Crippen molar-refractivity contribution >= 4 is 5.97 Å². The molecule has 0 aromatic carbocycles. The lowest BCUT2D eigenvalue weighted by atomic mass is 9.98. The van der Waals surface area contributed by atoms with Gasteiger partial charge < -0.3 is 64.2 Å². The van der Waals surface area contributed by atoms with Crippen LogP contribution >= 0.6 is 0 Å². The van der Waals surface area contributed by atoms with Crippen LogP contribution in [-0.4, -0.2) is 142 Å². The largest absolute Gasteiger partial charge is 0.457 e. The number of hydrogen-bond donors (Lipinski definition) is 7. The van der Waals surface area contributed by atoms with Crippen LogP contribution in [0.4, 0.5) is 0 Å². The maximum Gasteiger partial charge on any atom is 0.306 e. The Bertz CT molecular complexity index is 1120. The second-order valence-corrected chi connectivity index (χ2v) is 15.9. The zero-order valence-electron chi connectivity index (χ0n) is 36.0. The Labute approximate surface area is 353 Å². The molecule has 11 atom stereocenters. The fourth-order valence-corrected chi connectivity index (χ4v) is 6.83. The van der Waals surface area contributed by atoms with Crippen molar-refractivity contribution < 1.29 is 69.0 Å². The van der Waals surface area contributed by atoms with Crippen molar-refractivity contribution in [1.29, 1.82) is 0 Å². The summed E-state index contributed by atoms with van der Waals surface area (Å²) in [6.45, 7) is 3.52. The molecule has 2 rings (SSSR count). The summed E-state index contributed by atoms with van der Waals surface area (Å²) in [5.74, 6) is -0.394. The highest BCUT2D eigenvalue weighted by Gasteiger charge is 2.47. The Kier molecular flexibility index (Phi) is 30.6. The van der Waals surface area contributed by atoms with Gasteiger partial charge in [0.15, 0.2) is 12.6 Å². The lowest BCUT2D eigenvalue weighted by Gasteiger charge is -2.42. The minimum Gasteiger partial charge on any atom is -0.457 e. The molecule has 11 unspecified atom stereocenters. The first-order valence-electron chi connectivity index (χ1n) is 22.6. The molecule has 0 aromatic heterocycles. The summed E-state index contributed by atoms with van der Waals surface area (Å²) < 4.78 is 34.1. The Morgan fingerprint density at radius 3 is 1.71 bits per heavy atom. The van der Waals surface area contributed by atoms with E-state index in [9.17, 15) is 40.5 Å². The summed E-state index contributed by atoms with van der Waals surface area (Å²) in [5.41, 5.74) is 0. The van der Waals surface area contributed by atoms with Gasteiger partial charge in [0.2, 0.25) is 0 Å². The van der Waals surface area contributed by atoms with Crippen molar-refractivity contribution in [3.8, 4) is 0 Å². The molecule has 2 fully saturated rings. The average molecular weight is 845 g/mol. The third kappa shape index (κ3) is 22.8. The number of esters is 1. The Balaban J connectivity index is 1.82. The van der Waals surface area contributed by atoms with Gasteiger partial charge in [-0.2, -0.15) is 0 Å². The second-order valence-electron chi connectivity index (χ2n) is 15.9. The van der Waals surface area contributed by atoms with Gasteiger partial charge in [0, 0.05) is 13.0 Å². The van der Waals surface area contributed by atoms with Crippen LogP contribution in [0.3, 0.4) is 0 Å². The van der Waals surface area contributed by atoms with Gasteiger partial charge in [-0.3, -0.25) is 4.79 Å². The van der Waals surface area contributed by atoms with Gasteiger partial charge in [-0.1, -0.05) is 115 Å². The van der Waals surface area contributed by atoms with Crippen LogP contribution in [-0.2, 0) is 33.2 Å². The van der Waals surface area contributed by atoms with Gasteiger partial charge in [0.05, 0.1) is 26.4 Å². The SMILES string of the molecule is CCC/C=C\CCCCCCCC(=O)OC(COCCCCCCCC/C=C\C/C=C\CCCC)COC1OC(COC2OC(CO)C(O)C(O)C2O)C(O)C(O)C1O. The van der Waals surface area contributed by atoms with Crippen LogP contribution in [0, 0.1) is 0 Å². The molecule has 0 bridgehead atoms. The van der Waals surface area contributed by atoms with Crippen molar-refractivity contribution in [3.63, 3.8) is 0 Å². The Morgan fingerprint density at radius 2 is 1.08 bits per heavy atom. The number of aliphatic hydroxyl groups is 7. The lowest BCUT2D eigenvalue weighted by Crippen LogP contribution is -2.61. The van der Waals surface area contributed by atoms with Crippen molar-refractivity contribution in [3.05, 3.63) is 36.5 Å². The van der Waals surface area contributed by atoms with E-state index in [1.54, 1.807) is 0 Å². The van der Waals surface area contributed by atoms with Crippen LogP contribution in [0.1, 0.15) is 142 Å². The molecule has 2 aliphatic rings. The fraction of sp³-hybridized carbons (Fsp3) is 0.844. The smallest absolute Gasteiger partial charge is 0.306 e. The first kappa shape index (κ1) is 53.3. The predicted molar refractivity (Wildman–Crippen MR) is 224 cm³/mol. The highest BCUT2D eigenvalue weighted by Crippen LogP contribution is 2.26. The molecule has 2 heterocycles. The van der Waals surface area contributed by atoms with E-state index >= 15 is 0 Å². The second kappa shape index (κ2) is 33.8. The third-order valence-corrected chi connectivity index (χ3v) is 10.6. The van der Waals surface area contributed by atoms with Gasteiger partial charge in [-0.25, -0.2) is 0 Å². The molecular weight excluding hydrogens is 764 g/mol. The van der Waals surface area contributed by atoms with Crippen LogP contribution < -0.4 is 0 Å². The van der Waals surface area contributed by atoms with Crippen molar-refractivity contribution in [2.45, 2.75) is 210 Å². The molecule has 2 saturated heterocycles. The van der Waals surface area contributed by atoms with Gasteiger partial charge in [-0.15, -0.1) is 0 Å². The highest BCUT2D eigenvalue weighted by molar-refractivity contribution is 5.69. The molecule has 14 heteroatoms. The number of ether oxygens (including phenoxy) is 6. The lowest BCUT2D eigenvalue weighted by molar-refractivity contribution is -0.332. The van der Waals surface area contributed by atoms with Gasteiger partial charge in [0.25, 0.3) is 0 Å². The number of carbonyl (C=O) groups is 1. The predicted octanol–water partition coefficient (Wildman–Crippen LogP) is 5.07. The number of carbonyl (C=O) groups excluding carboxylic acids is 1. The third-order valence-electron chi connectivity index (χ3n) is 10.6. The van der Waals surface area contributed by atoms with E-state index < -0.39 is 86.7 Å². The summed E-state index contributed by atoms with van der Waals surface area (Å²) in [5, 5.41) is 71.8. The zero-order valence-corrected chi connectivity index (χ0v) is 36.0. The molecule has 0 radical (unpaired) electrons. The fourth-order valence-electron chi connectivity index (χ4n) is 6.83. The minimum atomic E-state index is -1.71. The number of unbranched alkanes of at least 4 members (excludes halogenated alkanes) is 14. The molecule has 0 amide bonds. The van der Waals surface area contributed by atoms with Crippen molar-refractivity contribution in [1.82, 2.24) is 0 Å². The minimum absolute atomic E-state index is 0.0507. The quantitative estimate of drug-likeness (QED) is 0.0256. The number of rotatable bonds is 34. The summed E-state index contributed by atoms with van der Waals surface area (Å²) in [6.07, 6.45) is 17.9. The van der Waals surface area contributed by atoms with Crippen LogP contribution in [0.2, 0.25) is 0 Å². The first-order valence-corrected chi connectivity index (χ1v) is 22.6. The van der Waals surface area contributed by atoms with Crippen LogP contribution in [0.5, 0.6) is 0 Å². The summed E-state index contributed by atoms with van der Waals surface area (Å²) in [6, 6.07) is 0. The Morgan fingerprint density at radius 1 is 0.559 bits per heavy atom. The molecule has 344 valence electrons. The van der Waals surface area contributed by atoms with E-state index in [2.05, 4.69) is 50.3 Å². The standard InChI is InChI=1S/C45H80O14/c1-3-5-7-9-11-13-15-16-17-18-19-21-23-25-27-29-54-31-34(57-37(47)28-26-24-22-20-14-12-10-8-6-4-2)32-55-44-43(53)41(51)39(49)36(59-44)33-56-45-42(52)40(50)38(48)35(30-46)58-45/h8-11,15-16,34-36,38-46,48-53H,3-7,12-14,17-33H2,1-2H3/b10-8-,11-9-,16-15-. The number of aliphatic hydroxyl groups excluding tert-OH is 7. The van der Waals surface area contributed by atoms with Gasteiger partial charge in [-0.05, 0) is 57.8 Å². The molecule has 0 aliphatic carbocycles. The van der Waals surface area contributed by atoms with Crippen molar-refractivity contribution in [2.75, 3.05) is 33.0 Å². The molecule has 7 N–H and O–H groups in total. The van der Waals surface area contributed by atoms with E-state index in [1.807, 2.05) is 0 Å². The molecule has 0 saturated carbocycles. The topological polar surface area (TPSA) is 214 Å². The van der Waals surface area contributed by atoms with E-state index in [0.717, 1.165) is 89.9 Å². The maximum atomic E-state index is 12.9. The summed E-state index contributed by atoms with van der Waals surface area (Å²) in [7, 11) is 0. The monoisotopic (exact) mass is 845 g/mol. The van der Waals surface area contributed by atoms with Crippen LogP contribution in [0.15, 0.2) is 36.5 Å². The molecule has 14 nitrogen and oxygen atoms in total. The molecular formula is C45H80O14. The Hall–Kier alpha value is -1.79. The number of hydrogen-bond acceptors (Lipinski definition) is 14. The van der Waals surface area contributed by atoms with Gasteiger partial charge >= 0.3 is 5.97 Å². The zero-order chi connectivity index (χ0) is 43.1. The summed E-state index contributed by atoms with van der Waals surface area (Å²) in [4.78, 5) is 12.9. The molecule has 0 aromatic rings. The van der Waals surface area contributed by atoms with E-state index in [0.29, 0.717) is 13.0 Å². The maximum absolute atomic E-state index is 12.9. The molecule has 0 spiro atoms. The van der Waals surface area contributed by atoms with E-state index in [4.69, 9.17) is 28.4 Å².